The first-order valence-electron chi connectivity index (χ1n) is 7.50. The number of anilines is 2. The molecule has 0 saturated heterocycles. The Morgan fingerprint density at radius 1 is 1.24 bits per heavy atom. The normalized spacial score (nSPS) is 11.8. The molecule has 1 rings (SSSR count). The van der Waals surface area contributed by atoms with Gasteiger partial charge in [0.05, 0.1) is 0 Å². The molecule has 0 bridgehead atoms. The van der Waals surface area contributed by atoms with Crippen molar-refractivity contribution in [1.29, 1.82) is 0 Å². The third-order valence-corrected chi connectivity index (χ3v) is 2.77. The molecule has 0 aliphatic rings. The van der Waals surface area contributed by atoms with Crippen LogP contribution in [0.15, 0.2) is 6.07 Å². The average molecular weight is 295 g/mol. The van der Waals surface area contributed by atoms with E-state index in [1.54, 1.807) is 0 Å². The number of rotatable bonds is 8. The highest BCUT2D eigenvalue weighted by Gasteiger charge is 2.18. The second kappa shape index (κ2) is 8.14. The van der Waals surface area contributed by atoms with Crippen LogP contribution in [0.25, 0.3) is 0 Å². The van der Waals surface area contributed by atoms with E-state index < -0.39 is 0 Å². The van der Waals surface area contributed by atoms with E-state index in [1.807, 2.05) is 6.07 Å². The zero-order valence-electron chi connectivity index (χ0n) is 13.9. The molecule has 6 nitrogen and oxygen atoms in total. The molecule has 0 aliphatic heterocycles. The van der Waals surface area contributed by atoms with Gasteiger partial charge in [0.2, 0.25) is 0 Å². The summed E-state index contributed by atoms with van der Waals surface area (Å²) in [4.78, 5) is 8.93. The number of hydrogen-bond donors (Lipinski definition) is 3. The quantitative estimate of drug-likeness (QED) is 0.388. The minimum absolute atomic E-state index is 0.121. The predicted molar refractivity (Wildman–Crippen MR) is 87.3 cm³/mol. The van der Waals surface area contributed by atoms with Crippen LogP contribution in [-0.2, 0) is 10.2 Å². The first-order valence-corrected chi connectivity index (χ1v) is 7.50. The molecule has 21 heavy (non-hydrogen) atoms. The lowest BCUT2D eigenvalue weighted by molar-refractivity contribution is 0.110. The number of nitrogens with zero attached hydrogens (tertiary/aromatic N) is 2. The van der Waals surface area contributed by atoms with Crippen LogP contribution in [0.4, 0.5) is 11.6 Å². The maximum absolute atomic E-state index is 5.55. The van der Waals surface area contributed by atoms with Crippen LogP contribution in [0.5, 0.6) is 0 Å². The molecule has 0 amide bonds. The van der Waals surface area contributed by atoms with Crippen molar-refractivity contribution in [3.05, 3.63) is 11.9 Å². The number of nitrogens with two attached hydrogens (primary N) is 1. The molecular formula is C15H29N5O. The van der Waals surface area contributed by atoms with E-state index in [4.69, 9.17) is 10.6 Å². The topological polar surface area (TPSA) is 85.1 Å². The number of hydrazine groups is 1. The van der Waals surface area contributed by atoms with Crippen LogP contribution >= 0.6 is 0 Å². The van der Waals surface area contributed by atoms with Crippen molar-refractivity contribution < 1.29 is 4.74 Å². The van der Waals surface area contributed by atoms with Crippen LogP contribution in [0, 0.1) is 5.92 Å². The lowest BCUT2D eigenvalue weighted by Gasteiger charge is -2.18. The number of nitrogens with one attached hydrogen (secondary N) is 2. The molecule has 1 heterocycles. The van der Waals surface area contributed by atoms with E-state index in [2.05, 4.69) is 55.3 Å². The second-order valence-corrected chi connectivity index (χ2v) is 6.61. The monoisotopic (exact) mass is 295 g/mol. The van der Waals surface area contributed by atoms with Gasteiger partial charge in [0.25, 0.3) is 0 Å². The van der Waals surface area contributed by atoms with Crippen LogP contribution in [0.3, 0.4) is 0 Å². The number of nitrogen functional groups attached to an aromatic ring is 1. The van der Waals surface area contributed by atoms with Crippen molar-refractivity contribution >= 4 is 11.6 Å². The van der Waals surface area contributed by atoms with Crippen molar-refractivity contribution in [2.24, 2.45) is 11.8 Å². The molecule has 120 valence electrons. The summed E-state index contributed by atoms with van der Waals surface area (Å²) in [5.41, 5.74) is 2.47. The van der Waals surface area contributed by atoms with Gasteiger partial charge >= 0.3 is 0 Å². The smallest absolute Gasteiger partial charge is 0.145 e. The van der Waals surface area contributed by atoms with Gasteiger partial charge in [-0.05, 0) is 12.3 Å². The molecule has 1 aromatic rings. The summed E-state index contributed by atoms with van der Waals surface area (Å²) in [6, 6.07) is 1.81. The van der Waals surface area contributed by atoms with Gasteiger partial charge in [-0.2, -0.15) is 0 Å². The van der Waals surface area contributed by atoms with Crippen molar-refractivity contribution in [1.82, 2.24) is 9.97 Å². The number of aromatic nitrogens is 2. The zero-order chi connectivity index (χ0) is 15.9. The van der Waals surface area contributed by atoms with E-state index in [1.165, 1.54) is 0 Å². The molecule has 0 aromatic carbocycles. The van der Waals surface area contributed by atoms with Gasteiger partial charge in [0, 0.05) is 31.2 Å². The van der Waals surface area contributed by atoms with Gasteiger partial charge in [-0.15, -0.1) is 0 Å². The first kappa shape index (κ1) is 17.7. The largest absolute Gasteiger partial charge is 0.381 e. The Labute approximate surface area is 127 Å². The summed E-state index contributed by atoms with van der Waals surface area (Å²) in [6.45, 7) is 12.9. The van der Waals surface area contributed by atoms with Gasteiger partial charge in [-0.1, -0.05) is 34.6 Å². The fourth-order valence-corrected chi connectivity index (χ4v) is 1.66. The maximum Gasteiger partial charge on any atom is 0.145 e. The molecule has 4 N–H and O–H groups in total. The predicted octanol–water partition coefficient (Wildman–Crippen LogP) is 2.53. The summed E-state index contributed by atoms with van der Waals surface area (Å²) in [7, 11) is 0. The summed E-state index contributed by atoms with van der Waals surface area (Å²) in [5.74, 6) is 8.21. The van der Waals surface area contributed by atoms with Gasteiger partial charge in [-0.3, -0.25) is 0 Å². The highest BCUT2D eigenvalue weighted by molar-refractivity contribution is 5.47. The van der Waals surface area contributed by atoms with Crippen molar-refractivity contribution in [3.8, 4) is 0 Å². The van der Waals surface area contributed by atoms with E-state index in [-0.39, 0.29) is 5.41 Å². The highest BCUT2D eigenvalue weighted by atomic mass is 16.5. The summed E-state index contributed by atoms with van der Waals surface area (Å²) < 4.78 is 5.55. The molecule has 1 aromatic heterocycles. The minimum Gasteiger partial charge on any atom is -0.381 e. The van der Waals surface area contributed by atoms with E-state index >= 15 is 0 Å². The number of hydrogen-bond acceptors (Lipinski definition) is 6. The Kier molecular flexibility index (Phi) is 6.84. The average Bonchev–Trinajstić information content (AvgIpc) is 2.41. The Hall–Kier alpha value is -1.40. The van der Waals surface area contributed by atoms with E-state index in [0.717, 1.165) is 37.8 Å². The van der Waals surface area contributed by atoms with Crippen LogP contribution in [0.2, 0.25) is 0 Å². The van der Waals surface area contributed by atoms with Crippen molar-refractivity contribution in [3.63, 3.8) is 0 Å². The highest BCUT2D eigenvalue weighted by Crippen LogP contribution is 2.21. The number of ether oxygens (including phenoxy) is 1. The first-order chi connectivity index (χ1) is 9.82. The van der Waals surface area contributed by atoms with Gasteiger partial charge in [0.15, 0.2) is 0 Å². The summed E-state index contributed by atoms with van der Waals surface area (Å²) in [6.07, 6.45) is 0.937. The molecule has 6 heteroatoms. The minimum atomic E-state index is -0.121. The SMILES string of the molecule is CC(C)COCCCNc1cc(NN)nc(C(C)(C)C)n1. The Morgan fingerprint density at radius 2 is 1.90 bits per heavy atom. The Balaban J connectivity index is 2.51. The van der Waals surface area contributed by atoms with Crippen LogP contribution < -0.4 is 16.6 Å². The third-order valence-electron chi connectivity index (χ3n) is 2.77. The van der Waals surface area contributed by atoms with E-state index in [9.17, 15) is 0 Å². The second-order valence-electron chi connectivity index (χ2n) is 6.61. The molecule has 0 fully saturated rings. The summed E-state index contributed by atoms with van der Waals surface area (Å²) >= 11 is 0. The Bertz CT molecular complexity index is 429. The van der Waals surface area contributed by atoms with Crippen LogP contribution in [-0.4, -0.2) is 29.7 Å². The standard InChI is InChI=1S/C15H29N5O/c1-11(2)10-21-8-6-7-17-12-9-13(20-16)19-14(18-12)15(3,4)5/h9,11H,6-8,10,16H2,1-5H3,(H2,17,18,19,20). The lowest BCUT2D eigenvalue weighted by Crippen LogP contribution is -2.20. The molecule has 0 saturated carbocycles. The molecule has 0 aliphatic carbocycles. The van der Waals surface area contributed by atoms with Gasteiger partial charge in [0.1, 0.15) is 17.5 Å². The fraction of sp³-hybridized carbons (Fsp3) is 0.733. The van der Waals surface area contributed by atoms with Crippen LogP contribution in [0.1, 0.15) is 46.9 Å². The summed E-state index contributed by atoms with van der Waals surface area (Å²) in [5, 5.41) is 3.29. The molecule has 0 spiro atoms. The molecule has 0 atom stereocenters. The van der Waals surface area contributed by atoms with E-state index in [0.29, 0.717) is 11.7 Å². The third kappa shape index (κ3) is 6.73. The van der Waals surface area contributed by atoms with Crippen molar-refractivity contribution in [2.75, 3.05) is 30.5 Å². The Morgan fingerprint density at radius 3 is 2.48 bits per heavy atom. The zero-order valence-corrected chi connectivity index (χ0v) is 13.9. The van der Waals surface area contributed by atoms with Gasteiger partial charge < -0.3 is 15.5 Å². The fourth-order valence-electron chi connectivity index (χ4n) is 1.66. The van der Waals surface area contributed by atoms with Gasteiger partial charge in [-0.25, -0.2) is 15.8 Å². The molecule has 0 unspecified atom stereocenters. The lowest BCUT2D eigenvalue weighted by atomic mass is 9.96. The maximum atomic E-state index is 5.55. The molecule has 0 radical (unpaired) electrons. The molecular weight excluding hydrogens is 266 g/mol. The van der Waals surface area contributed by atoms with Crippen molar-refractivity contribution in [2.45, 2.75) is 46.5 Å².